The summed E-state index contributed by atoms with van der Waals surface area (Å²) in [5.74, 6) is 0.502. The molecule has 2 aliphatic carbocycles. The summed E-state index contributed by atoms with van der Waals surface area (Å²) in [4.78, 5) is 0. The van der Waals surface area contributed by atoms with Crippen LogP contribution in [-0.4, -0.2) is 30.3 Å². The molecule has 2 rings (SSSR count). The predicted molar refractivity (Wildman–Crippen MR) is 123 cm³/mol. The van der Waals surface area contributed by atoms with Crippen molar-refractivity contribution in [1.82, 2.24) is 0 Å². The van der Waals surface area contributed by atoms with Crippen LogP contribution in [0.15, 0.2) is 0 Å². The molecule has 0 aromatic carbocycles. The van der Waals surface area contributed by atoms with Gasteiger partial charge >= 0.3 is 7.60 Å². The molecule has 8 heteroatoms. The second-order valence-corrected chi connectivity index (χ2v) is 28.5. The Balaban J connectivity index is 2.73. The van der Waals surface area contributed by atoms with E-state index in [-0.39, 0.29) is 10.8 Å². The van der Waals surface area contributed by atoms with Gasteiger partial charge in [0.15, 0.2) is 30.3 Å². The van der Waals surface area contributed by atoms with Gasteiger partial charge in [0.25, 0.3) is 0 Å². The zero-order valence-electron chi connectivity index (χ0n) is 19.8. The highest BCUT2D eigenvalue weighted by molar-refractivity contribution is 7.58. The molecule has 0 heterocycles. The molecule has 2 bridgehead atoms. The van der Waals surface area contributed by atoms with Crippen molar-refractivity contribution in [3.8, 4) is 0 Å². The molecule has 2 aliphatic rings. The van der Waals surface area contributed by atoms with Gasteiger partial charge in [-0.15, -0.1) is 0 Å². The summed E-state index contributed by atoms with van der Waals surface area (Å²) in [5, 5.41) is -0.822. The SMILES string of the molecule is CC1(C)C2CCC1(C)C(O[Si](C)(C)C)(P(=O)(O[Si](C)(C)C)O[Si](C)(C)C)C2. The molecule has 2 fully saturated rings. The Morgan fingerprint density at radius 3 is 1.52 bits per heavy atom. The molecule has 0 aromatic rings. The smallest absolute Gasteiger partial charge is 0.342 e. The summed E-state index contributed by atoms with van der Waals surface area (Å²) in [6.45, 7) is 26.2. The van der Waals surface area contributed by atoms with E-state index in [0.29, 0.717) is 5.92 Å². The lowest BCUT2D eigenvalue weighted by atomic mass is 9.69. The molecule has 3 atom stereocenters. The molecule has 0 aliphatic heterocycles. The van der Waals surface area contributed by atoms with Gasteiger partial charge in [-0.05, 0) is 89.5 Å². The summed E-state index contributed by atoms with van der Waals surface area (Å²) in [6, 6.07) is 0. The topological polar surface area (TPSA) is 44.8 Å². The third kappa shape index (κ3) is 4.17. The largest absolute Gasteiger partial charge is 0.401 e. The molecule has 4 nitrogen and oxygen atoms in total. The molecular weight excluding hydrogens is 407 g/mol. The van der Waals surface area contributed by atoms with Crippen molar-refractivity contribution in [2.75, 3.05) is 0 Å². The fraction of sp³-hybridized carbons (Fsp3) is 1.00. The van der Waals surface area contributed by atoms with Crippen LogP contribution in [0.3, 0.4) is 0 Å². The van der Waals surface area contributed by atoms with E-state index in [1.54, 1.807) is 0 Å². The van der Waals surface area contributed by atoms with Crippen LogP contribution >= 0.6 is 7.60 Å². The van der Waals surface area contributed by atoms with Crippen molar-refractivity contribution in [2.24, 2.45) is 16.7 Å². The van der Waals surface area contributed by atoms with E-state index < -0.39 is 37.9 Å². The predicted octanol–water partition coefficient (Wildman–Crippen LogP) is 7.28. The average molecular weight is 451 g/mol. The molecular formula is C19H43O4PSi3. The Morgan fingerprint density at radius 1 is 0.815 bits per heavy atom. The molecule has 0 N–H and O–H groups in total. The fourth-order valence-electron chi connectivity index (χ4n) is 5.23. The molecule has 0 spiro atoms. The van der Waals surface area contributed by atoms with Crippen molar-refractivity contribution in [3.05, 3.63) is 0 Å². The summed E-state index contributed by atoms with van der Waals surface area (Å²) in [7, 11) is -9.73. The molecule has 3 unspecified atom stereocenters. The van der Waals surface area contributed by atoms with Crippen LogP contribution in [0.1, 0.15) is 40.0 Å². The molecule has 160 valence electrons. The maximum atomic E-state index is 14.9. The molecule has 0 saturated heterocycles. The van der Waals surface area contributed by atoms with Crippen LogP contribution in [0.2, 0.25) is 58.9 Å². The number of hydrogen-bond acceptors (Lipinski definition) is 4. The van der Waals surface area contributed by atoms with E-state index in [2.05, 4.69) is 79.7 Å². The van der Waals surface area contributed by atoms with Crippen LogP contribution in [0.4, 0.5) is 0 Å². The zero-order valence-corrected chi connectivity index (χ0v) is 23.7. The molecule has 0 aromatic heterocycles. The van der Waals surface area contributed by atoms with Gasteiger partial charge in [-0.2, -0.15) is 0 Å². The summed E-state index contributed by atoms with van der Waals surface area (Å²) < 4.78 is 34.9. The standard InChI is InChI=1S/C19H43O4PSi3/c1-17(2)16-13-14-18(17,3)19(15-16,21-25(4,5)6)24(20,22-26(7,8)9)23-27(10,11)12/h16H,13-15H2,1-12H3. The summed E-state index contributed by atoms with van der Waals surface area (Å²) >= 11 is 0. The first kappa shape index (κ1) is 24.0. The summed E-state index contributed by atoms with van der Waals surface area (Å²) in [5.41, 5.74) is -0.145. The third-order valence-corrected chi connectivity index (χ3v) is 15.6. The highest BCUT2D eigenvalue weighted by Gasteiger charge is 2.77. The Labute approximate surface area is 171 Å². The average Bonchev–Trinajstić information content (AvgIpc) is 2.64. The Kier molecular flexibility index (Phi) is 5.90. The van der Waals surface area contributed by atoms with Crippen LogP contribution < -0.4 is 0 Å². The second kappa shape index (κ2) is 6.63. The van der Waals surface area contributed by atoms with Gasteiger partial charge in [-0.25, -0.2) is 0 Å². The lowest BCUT2D eigenvalue weighted by Crippen LogP contribution is -2.56. The lowest BCUT2D eigenvalue weighted by molar-refractivity contribution is -0.0263. The Morgan fingerprint density at radius 2 is 1.26 bits per heavy atom. The Hall–Kier alpha value is 0.761. The highest BCUT2D eigenvalue weighted by atomic mass is 31.2. The van der Waals surface area contributed by atoms with Crippen molar-refractivity contribution in [2.45, 2.75) is 104 Å². The van der Waals surface area contributed by atoms with E-state index >= 15 is 0 Å². The van der Waals surface area contributed by atoms with E-state index in [1.165, 1.54) is 6.42 Å². The van der Waals surface area contributed by atoms with Gasteiger partial charge in [-0.3, -0.25) is 4.57 Å². The van der Waals surface area contributed by atoms with Gasteiger partial charge in [0.05, 0.1) is 0 Å². The van der Waals surface area contributed by atoms with E-state index in [1.807, 2.05) is 0 Å². The number of rotatable bonds is 7. The molecule has 0 amide bonds. The van der Waals surface area contributed by atoms with Gasteiger partial charge in [0, 0.05) is 5.41 Å². The minimum atomic E-state index is -3.49. The fourth-order valence-corrected chi connectivity index (χ4v) is 16.7. The lowest BCUT2D eigenvalue weighted by Gasteiger charge is -2.54. The summed E-state index contributed by atoms with van der Waals surface area (Å²) in [6.07, 6.45) is 3.01. The van der Waals surface area contributed by atoms with Crippen LogP contribution in [0, 0.1) is 16.7 Å². The van der Waals surface area contributed by atoms with Gasteiger partial charge in [0.1, 0.15) is 0 Å². The minimum Gasteiger partial charge on any atom is -0.401 e. The maximum Gasteiger partial charge on any atom is 0.342 e. The molecule has 27 heavy (non-hydrogen) atoms. The number of fused-ring (bicyclic) bond motifs is 2. The second-order valence-electron chi connectivity index (χ2n) is 12.4. The van der Waals surface area contributed by atoms with Gasteiger partial charge in [-0.1, -0.05) is 20.8 Å². The molecule has 0 radical (unpaired) electrons. The van der Waals surface area contributed by atoms with E-state index in [4.69, 9.17) is 12.9 Å². The number of hydrogen-bond donors (Lipinski definition) is 0. The van der Waals surface area contributed by atoms with Gasteiger partial charge in [0.2, 0.25) is 0 Å². The van der Waals surface area contributed by atoms with Crippen molar-refractivity contribution in [1.29, 1.82) is 0 Å². The van der Waals surface area contributed by atoms with Crippen LogP contribution in [0.5, 0.6) is 0 Å². The van der Waals surface area contributed by atoms with Crippen molar-refractivity contribution < 1.29 is 17.4 Å². The minimum absolute atomic E-state index is 0.0634. The van der Waals surface area contributed by atoms with Gasteiger partial charge < -0.3 is 12.9 Å². The first-order chi connectivity index (χ1) is 11.7. The molecule has 2 saturated carbocycles. The quantitative estimate of drug-likeness (QED) is 0.302. The van der Waals surface area contributed by atoms with Crippen LogP contribution in [0.25, 0.3) is 0 Å². The van der Waals surface area contributed by atoms with Crippen molar-refractivity contribution in [3.63, 3.8) is 0 Å². The van der Waals surface area contributed by atoms with Crippen molar-refractivity contribution >= 4 is 32.5 Å². The monoisotopic (exact) mass is 450 g/mol. The first-order valence-corrected chi connectivity index (χ1v) is 22.2. The van der Waals surface area contributed by atoms with Crippen LogP contribution in [-0.2, 0) is 17.4 Å². The third-order valence-electron chi connectivity index (χ3n) is 6.53. The highest BCUT2D eigenvalue weighted by Crippen LogP contribution is 2.83. The zero-order chi connectivity index (χ0) is 21.3. The van der Waals surface area contributed by atoms with E-state index in [0.717, 1.165) is 12.8 Å². The normalized spacial score (nSPS) is 34.3. The Bertz CT molecular complexity index is 612. The van der Waals surface area contributed by atoms with E-state index in [9.17, 15) is 4.57 Å². The first-order valence-electron chi connectivity index (χ1n) is 10.4. The maximum absolute atomic E-state index is 14.9.